The quantitative estimate of drug-likeness (QED) is 0.882. The van der Waals surface area contributed by atoms with Crippen molar-refractivity contribution in [2.24, 2.45) is 11.8 Å². The van der Waals surface area contributed by atoms with E-state index in [9.17, 15) is 4.79 Å². The Morgan fingerprint density at radius 1 is 1.35 bits per heavy atom. The Morgan fingerprint density at radius 2 is 2.10 bits per heavy atom. The summed E-state index contributed by atoms with van der Waals surface area (Å²) in [4.78, 5) is 11.1. The molecule has 20 heavy (non-hydrogen) atoms. The second-order valence-corrected chi connectivity index (χ2v) is 5.87. The van der Waals surface area contributed by atoms with Gasteiger partial charge in [0, 0.05) is 6.04 Å². The first kappa shape index (κ1) is 14.7. The summed E-state index contributed by atoms with van der Waals surface area (Å²) in [5.41, 5.74) is 1.06. The fraction of sp³-hybridized carbons (Fsp3) is 0.562. The molecule has 0 aliphatic heterocycles. The van der Waals surface area contributed by atoms with Gasteiger partial charge in [-0.1, -0.05) is 20.3 Å². The summed E-state index contributed by atoms with van der Waals surface area (Å²) in [6.07, 6.45) is 3.59. The van der Waals surface area contributed by atoms with Crippen molar-refractivity contribution >= 4 is 11.7 Å². The van der Waals surface area contributed by atoms with Crippen molar-refractivity contribution in [3.8, 4) is 5.75 Å². The topological polar surface area (TPSA) is 58.6 Å². The molecule has 4 nitrogen and oxygen atoms in total. The second-order valence-electron chi connectivity index (χ2n) is 5.87. The van der Waals surface area contributed by atoms with Crippen LogP contribution in [0.3, 0.4) is 0 Å². The van der Waals surface area contributed by atoms with Crippen LogP contribution >= 0.6 is 0 Å². The van der Waals surface area contributed by atoms with Crippen LogP contribution in [0.25, 0.3) is 0 Å². The highest BCUT2D eigenvalue weighted by Gasteiger charge is 2.26. The van der Waals surface area contributed by atoms with Crippen LogP contribution in [0.4, 0.5) is 5.69 Å². The Morgan fingerprint density at radius 3 is 2.75 bits per heavy atom. The van der Waals surface area contributed by atoms with Crippen molar-refractivity contribution < 1.29 is 14.6 Å². The first-order valence-corrected chi connectivity index (χ1v) is 7.19. The van der Waals surface area contributed by atoms with E-state index in [-0.39, 0.29) is 5.56 Å². The molecule has 4 heteroatoms. The van der Waals surface area contributed by atoms with E-state index < -0.39 is 5.97 Å². The third-order valence-electron chi connectivity index (χ3n) is 4.25. The molecule has 1 aromatic carbocycles. The van der Waals surface area contributed by atoms with E-state index in [0.717, 1.165) is 12.1 Å². The number of benzene rings is 1. The Hall–Kier alpha value is -1.71. The Bertz CT molecular complexity index is 487. The average molecular weight is 277 g/mol. The number of hydrogen-bond acceptors (Lipinski definition) is 3. The Kier molecular flexibility index (Phi) is 4.53. The minimum absolute atomic E-state index is 0.282. The number of anilines is 1. The van der Waals surface area contributed by atoms with E-state index >= 15 is 0 Å². The van der Waals surface area contributed by atoms with E-state index in [2.05, 4.69) is 19.2 Å². The number of methoxy groups -OCH3 is 1. The van der Waals surface area contributed by atoms with Gasteiger partial charge in [-0.3, -0.25) is 0 Å². The minimum Gasteiger partial charge on any atom is -0.495 e. The third-order valence-corrected chi connectivity index (χ3v) is 4.25. The van der Waals surface area contributed by atoms with Gasteiger partial charge in [-0.15, -0.1) is 0 Å². The van der Waals surface area contributed by atoms with Crippen LogP contribution in [-0.2, 0) is 0 Å². The number of aromatic carboxylic acids is 1. The SMILES string of the molecule is COc1ccc(C(=O)O)cc1NC1CC(C)CCC1C. The highest BCUT2D eigenvalue weighted by molar-refractivity contribution is 5.89. The molecule has 0 bridgehead atoms. The molecule has 2 rings (SSSR count). The zero-order valence-electron chi connectivity index (χ0n) is 12.3. The fourth-order valence-electron chi connectivity index (χ4n) is 2.89. The molecule has 1 aliphatic carbocycles. The summed E-state index contributed by atoms with van der Waals surface area (Å²) >= 11 is 0. The van der Waals surface area contributed by atoms with Gasteiger partial charge in [0.1, 0.15) is 5.75 Å². The fourth-order valence-corrected chi connectivity index (χ4v) is 2.89. The van der Waals surface area contributed by atoms with Crippen molar-refractivity contribution in [3.05, 3.63) is 23.8 Å². The maximum absolute atomic E-state index is 11.1. The van der Waals surface area contributed by atoms with Crippen molar-refractivity contribution in [1.82, 2.24) is 0 Å². The lowest BCUT2D eigenvalue weighted by molar-refractivity contribution is 0.0697. The maximum Gasteiger partial charge on any atom is 0.335 e. The number of carboxylic acid groups (broad SMARTS) is 1. The van der Waals surface area contributed by atoms with E-state index in [4.69, 9.17) is 9.84 Å². The lowest BCUT2D eigenvalue weighted by Crippen LogP contribution is -2.33. The van der Waals surface area contributed by atoms with E-state index in [1.807, 2.05) is 0 Å². The first-order valence-electron chi connectivity index (χ1n) is 7.19. The van der Waals surface area contributed by atoms with Gasteiger partial charge in [-0.05, 0) is 42.9 Å². The highest BCUT2D eigenvalue weighted by Crippen LogP contribution is 2.33. The van der Waals surface area contributed by atoms with Gasteiger partial charge in [0.15, 0.2) is 0 Å². The van der Waals surface area contributed by atoms with Crippen molar-refractivity contribution in [3.63, 3.8) is 0 Å². The number of nitrogens with one attached hydrogen (secondary N) is 1. The molecule has 1 saturated carbocycles. The number of carboxylic acids is 1. The first-order chi connectivity index (χ1) is 9.51. The Labute approximate surface area is 120 Å². The molecule has 110 valence electrons. The maximum atomic E-state index is 11.1. The average Bonchev–Trinajstić information content (AvgIpc) is 2.42. The van der Waals surface area contributed by atoms with Crippen molar-refractivity contribution in [2.45, 2.75) is 39.2 Å². The largest absolute Gasteiger partial charge is 0.495 e. The van der Waals surface area contributed by atoms with E-state index in [1.54, 1.807) is 25.3 Å². The van der Waals surface area contributed by atoms with Crippen LogP contribution in [0, 0.1) is 11.8 Å². The molecule has 3 atom stereocenters. The van der Waals surface area contributed by atoms with Crippen LogP contribution in [0.1, 0.15) is 43.5 Å². The summed E-state index contributed by atoms with van der Waals surface area (Å²) in [7, 11) is 1.61. The highest BCUT2D eigenvalue weighted by atomic mass is 16.5. The predicted octanol–water partition coefficient (Wildman–Crippen LogP) is 3.63. The summed E-state index contributed by atoms with van der Waals surface area (Å²) in [5.74, 6) is 1.07. The van der Waals surface area contributed by atoms with Crippen LogP contribution in [0.15, 0.2) is 18.2 Å². The molecule has 0 heterocycles. The van der Waals surface area contributed by atoms with Gasteiger partial charge >= 0.3 is 5.97 Å². The number of rotatable bonds is 4. The van der Waals surface area contributed by atoms with Crippen molar-refractivity contribution in [2.75, 3.05) is 12.4 Å². The molecule has 0 spiro atoms. The van der Waals surface area contributed by atoms with Crippen LogP contribution in [0.2, 0.25) is 0 Å². The molecule has 1 aliphatic rings. The van der Waals surface area contributed by atoms with Gasteiger partial charge in [0.2, 0.25) is 0 Å². The van der Waals surface area contributed by atoms with Gasteiger partial charge < -0.3 is 15.2 Å². The number of carbonyl (C=O) groups is 1. The second kappa shape index (κ2) is 6.16. The monoisotopic (exact) mass is 277 g/mol. The molecule has 2 N–H and O–H groups in total. The van der Waals surface area contributed by atoms with Gasteiger partial charge in [-0.25, -0.2) is 4.79 Å². The third kappa shape index (κ3) is 3.24. The molecular formula is C16H23NO3. The van der Waals surface area contributed by atoms with Gasteiger partial charge in [-0.2, -0.15) is 0 Å². The molecule has 1 fully saturated rings. The van der Waals surface area contributed by atoms with Gasteiger partial charge in [0.25, 0.3) is 0 Å². The van der Waals surface area contributed by atoms with Crippen LogP contribution < -0.4 is 10.1 Å². The summed E-state index contributed by atoms with van der Waals surface area (Å²) < 4.78 is 5.33. The molecule has 0 amide bonds. The van der Waals surface area contributed by atoms with Crippen LogP contribution in [-0.4, -0.2) is 24.2 Å². The van der Waals surface area contributed by atoms with E-state index in [1.165, 1.54) is 12.8 Å². The lowest BCUT2D eigenvalue weighted by atomic mass is 9.80. The van der Waals surface area contributed by atoms with Gasteiger partial charge in [0.05, 0.1) is 18.4 Å². The molecule has 1 aromatic rings. The van der Waals surface area contributed by atoms with Crippen LogP contribution in [0.5, 0.6) is 5.75 Å². The molecule has 0 aromatic heterocycles. The standard InChI is InChI=1S/C16H23NO3/c1-10-4-5-11(2)13(8-10)17-14-9-12(16(18)19)6-7-15(14)20-3/h6-7,9-11,13,17H,4-5,8H2,1-3H3,(H,18,19). The summed E-state index contributed by atoms with van der Waals surface area (Å²) in [6.45, 7) is 4.52. The summed E-state index contributed by atoms with van der Waals surface area (Å²) in [5, 5.41) is 12.6. The smallest absolute Gasteiger partial charge is 0.335 e. The minimum atomic E-state index is -0.916. The van der Waals surface area contributed by atoms with Crippen molar-refractivity contribution in [1.29, 1.82) is 0 Å². The number of hydrogen-bond donors (Lipinski definition) is 2. The normalized spacial score (nSPS) is 26.1. The predicted molar refractivity (Wildman–Crippen MR) is 79.5 cm³/mol. The molecule has 0 radical (unpaired) electrons. The molecule has 3 unspecified atom stereocenters. The molecular weight excluding hydrogens is 254 g/mol. The lowest BCUT2D eigenvalue weighted by Gasteiger charge is -2.34. The molecule has 0 saturated heterocycles. The number of ether oxygens (including phenoxy) is 1. The zero-order valence-corrected chi connectivity index (χ0v) is 12.3. The Balaban J connectivity index is 2.22. The van der Waals surface area contributed by atoms with E-state index in [0.29, 0.717) is 23.6 Å². The zero-order chi connectivity index (χ0) is 14.7. The summed E-state index contributed by atoms with van der Waals surface area (Å²) in [6, 6.07) is 5.31.